The minimum absolute atomic E-state index is 0.0181. The van der Waals surface area contributed by atoms with Gasteiger partial charge in [0.1, 0.15) is 0 Å². The van der Waals surface area contributed by atoms with Crippen molar-refractivity contribution in [2.24, 2.45) is 0 Å². The van der Waals surface area contributed by atoms with E-state index in [1.165, 1.54) is 6.07 Å². The van der Waals surface area contributed by atoms with Gasteiger partial charge in [-0.1, -0.05) is 12.8 Å². The summed E-state index contributed by atoms with van der Waals surface area (Å²) in [7, 11) is 0. The molecule has 0 radical (unpaired) electrons. The van der Waals surface area contributed by atoms with Gasteiger partial charge >= 0.3 is 5.69 Å². The maximum atomic E-state index is 11.5. The Bertz CT molecular complexity index is 478. The second-order valence-corrected chi connectivity index (χ2v) is 4.28. The van der Waals surface area contributed by atoms with Crippen molar-refractivity contribution in [2.45, 2.75) is 32.1 Å². The van der Waals surface area contributed by atoms with Crippen LogP contribution in [-0.2, 0) is 11.2 Å². The molecule has 0 aliphatic rings. The zero-order valence-corrected chi connectivity index (χ0v) is 10.7. The number of aromatic nitrogens is 2. The van der Waals surface area contributed by atoms with Crippen LogP contribution in [0.2, 0.25) is 0 Å². The molecule has 0 aromatic carbocycles. The van der Waals surface area contributed by atoms with Crippen LogP contribution in [0.1, 0.15) is 31.4 Å². The summed E-state index contributed by atoms with van der Waals surface area (Å²) >= 11 is 0. The lowest BCUT2D eigenvalue weighted by Gasteiger charge is -2.04. The van der Waals surface area contributed by atoms with Gasteiger partial charge in [-0.05, 0) is 12.8 Å². The van der Waals surface area contributed by atoms with Crippen molar-refractivity contribution < 1.29 is 9.90 Å². The zero-order valence-electron chi connectivity index (χ0n) is 10.7. The Balaban J connectivity index is 2.27. The van der Waals surface area contributed by atoms with Gasteiger partial charge in [0.15, 0.2) is 0 Å². The number of H-pyrrole nitrogens is 2. The number of aliphatic hydroxyl groups excluding tert-OH is 1. The van der Waals surface area contributed by atoms with Gasteiger partial charge in [0, 0.05) is 24.9 Å². The second-order valence-electron chi connectivity index (χ2n) is 4.28. The smallest absolute Gasteiger partial charge is 0.325 e. The number of carbonyl (C=O) groups excluding carboxylic acids is 1. The van der Waals surface area contributed by atoms with Crippen LogP contribution in [0.15, 0.2) is 15.7 Å². The molecule has 1 aromatic heterocycles. The number of aliphatic hydroxyl groups is 1. The SMILES string of the molecule is O=C(Cc1cc(=O)[nH]c(=O)[nH]1)NCCCCCCO. The van der Waals surface area contributed by atoms with E-state index in [9.17, 15) is 14.4 Å². The molecular weight excluding hydrogens is 250 g/mol. The average molecular weight is 269 g/mol. The number of unbranched alkanes of at least 4 members (excludes halogenated alkanes) is 3. The summed E-state index contributed by atoms with van der Waals surface area (Å²) in [6.45, 7) is 0.750. The lowest BCUT2D eigenvalue weighted by atomic mass is 10.2. The minimum Gasteiger partial charge on any atom is -0.396 e. The van der Waals surface area contributed by atoms with Gasteiger partial charge in [-0.3, -0.25) is 14.6 Å². The molecule has 0 fully saturated rings. The van der Waals surface area contributed by atoms with Crippen molar-refractivity contribution in [3.8, 4) is 0 Å². The maximum absolute atomic E-state index is 11.5. The molecule has 0 unspecified atom stereocenters. The fourth-order valence-corrected chi connectivity index (χ4v) is 1.67. The largest absolute Gasteiger partial charge is 0.396 e. The molecule has 7 heteroatoms. The number of hydrogen-bond donors (Lipinski definition) is 4. The highest BCUT2D eigenvalue weighted by atomic mass is 16.3. The van der Waals surface area contributed by atoms with E-state index in [0.717, 1.165) is 25.7 Å². The highest BCUT2D eigenvalue weighted by Gasteiger charge is 2.04. The van der Waals surface area contributed by atoms with Gasteiger partial charge in [0.05, 0.1) is 6.42 Å². The molecule has 0 saturated heterocycles. The number of hydrogen-bond acceptors (Lipinski definition) is 4. The molecule has 0 aliphatic carbocycles. The predicted octanol–water partition coefficient (Wildman–Crippen LogP) is -0.725. The van der Waals surface area contributed by atoms with Crippen LogP contribution in [0.5, 0.6) is 0 Å². The van der Waals surface area contributed by atoms with E-state index in [-0.39, 0.29) is 18.9 Å². The second kappa shape index (κ2) is 8.25. The highest BCUT2D eigenvalue weighted by molar-refractivity contribution is 5.77. The van der Waals surface area contributed by atoms with E-state index in [0.29, 0.717) is 12.2 Å². The van der Waals surface area contributed by atoms with Gasteiger partial charge in [-0.2, -0.15) is 0 Å². The Morgan fingerprint density at radius 1 is 1.16 bits per heavy atom. The molecule has 7 nitrogen and oxygen atoms in total. The van der Waals surface area contributed by atoms with E-state index in [1.54, 1.807) is 0 Å². The van der Waals surface area contributed by atoms with Crippen LogP contribution in [0.25, 0.3) is 0 Å². The van der Waals surface area contributed by atoms with Crippen LogP contribution in [0.4, 0.5) is 0 Å². The third-order valence-electron chi connectivity index (χ3n) is 2.57. The van der Waals surface area contributed by atoms with E-state index in [4.69, 9.17) is 5.11 Å². The van der Waals surface area contributed by atoms with Crippen molar-refractivity contribution in [2.75, 3.05) is 13.2 Å². The molecular formula is C12H19N3O4. The average Bonchev–Trinajstić information content (AvgIpc) is 2.32. The maximum Gasteiger partial charge on any atom is 0.325 e. The quantitative estimate of drug-likeness (QED) is 0.466. The van der Waals surface area contributed by atoms with Crippen LogP contribution < -0.4 is 16.6 Å². The molecule has 0 atom stereocenters. The first-order chi connectivity index (χ1) is 9.11. The summed E-state index contributed by atoms with van der Waals surface area (Å²) in [5, 5.41) is 11.3. The predicted molar refractivity (Wildman–Crippen MR) is 70.0 cm³/mol. The third kappa shape index (κ3) is 6.56. The molecule has 0 saturated carbocycles. The van der Waals surface area contributed by atoms with E-state index in [1.807, 2.05) is 4.98 Å². The summed E-state index contributed by atoms with van der Waals surface area (Å²) in [6.07, 6.45) is 3.49. The number of rotatable bonds is 8. The highest BCUT2D eigenvalue weighted by Crippen LogP contribution is 1.97. The summed E-state index contributed by atoms with van der Waals surface area (Å²) in [4.78, 5) is 38.0. The molecule has 4 N–H and O–H groups in total. The van der Waals surface area contributed by atoms with Crippen LogP contribution in [0.3, 0.4) is 0 Å². The van der Waals surface area contributed by atoms with Crippen LogP contribution >= 0.6 is 0 Å². The van der Waals surface area contributed by atoms with Crippen molar-refractivity contribution in [1.82, 2.24) is 15.3 Å². The Morgan fingerprint density at radius 2 is 1.89 bits per heavy atom. The number of nitrogens with one attached hydrogen (secondary N) is 3. The molecule has 1 rings (SSSR count). The van der Waals surface area contributed by atoms with Gasteiger partial charge in [-0.15, -0.1) is 0 Å². The fraction of sp³-hybridized carbons (Fsp3) is 0.583. The number of carbonyl (C=O) groups is 1. The Morgan fingerprint density at radius 3 is 2.58 bits per heavy atom. The Labute approximate surface area is 110 Å². The standard InChI is InChI=1S/C12H19N3O4/c16-6-4-2-1-3-5-13-10(17)7-9-8-11(18)15-12(19)14-9/h8,16H,1-7H2,(H,13,17)(H2,14,15,18,19). The summed E-state index contributed by atoms with van der Waals surface area (Å²) in [5.41, 5.74) is -0.832. The van der Waals surface area contributed by atoms with Gasteiger partial charge in [0.25, 0.3) is 5.56 Å². The normalized spacial score (nSPS) is 10.4. The van der Waals surface area contributed by atoms with Gasteiger partial charge < -0.3 is 15.4 Å². The zero-order chi connectivity index (χ0) is 14.1. The van der Waals surface area contributed by atoms with Crippen molar-refractivity contribution in [1.29, 1.82) is 0 Å². The molecule has 1 aromatic rings. The number of aromatic amines is 2. The molecule has 19 heavy (non-hydrogen) atoms. The summed E-state index contributed by atoms with van der Waals surface area (Å²) in [5.74, 6) is -0.233. The molecule has 0 bridgehead atoms. The summed E-state index contributed by atoms with van der Waals surface area (Å²) in [6, 6.07) is 1.20. The first-order valence-electron chi connectivity index (χ1n) is 6.32. The van der Waals surface area contributed by atoms with Crippen molar-refractivity contribution >= 4 is 5.91 Å². The van der Waals surface area contributed by atoms with Crippen LogP contribution in [0, 0.1) is 0 Å². The fourth-order valence-electron chi connectivity index (χ4n) is 1.67. The van der Waals surface area contributed by atoms with E-state index in [2.05, 4.69) is 10.3 Å². The minimum atomic E-state index is -0.612. The first kappa shape index (κ1) is 15.2. The van der Waals surface area contributed by atoms with Gasteiger partial charge in [-0.25, -0.2) is 4.79 Å². The molecule has 1 amide bonds. The van der Waals surface area contributed by atoms with Crippen molar-refractivity contribution in [3.63, 3.8) is 0 Å². The Hall–Kier alpha value is -1.89. The molecule has 0 aliphatic heterocycles. The van der Waals surface area contributed by atoms with Gasteiger partial charge in [0.2, 0.25) is 5.91 Å². The molecule has 0 spiro atoms. The monoisotopic (exact) mass is 269 g/mol. The lowest BCUT2D eigenvalue weighted by Crippen LogP contribution is -2.29. The van der Waals surface area contributed by atoms with Crippen LogP contribution in [-0.4, -0.2) is 34.1 Å². The summed E-state index contributed by atoms with van der Waals surface area (Å²) < 4.78 is 0. The Kier molecular flexibility index (Phi) is 6.59. The van der Waals surface area contributed by atoms with E-state index < -0.39 is 11.2 Å². The van der Waals surface area contributed by atoms with Crippen molar-refractivity contribution in [3.05, 3.63) is 32.6 Å². The lowest BCUT2D eigenvalue weighted by molar-refractivity contribution is -0.120. The topological polar surface area (TPSA) is 115 Å². The van der Waals surface area contributed by atoms with E-state index >= 15 is 0 Å². The molecule has 106 valence electrons. The number of amides is 1. The molecule has 1 heterocycles. The third-order valence-corrected chi connectivity index (χ3v) is 2.57. The first-order valence-corrected chi connectivity index (χ1v) is 6.32.